The van der Waals surface area contributed by atoms with E-state index in [1.807, 2.05) is 13.0 Å². The van der Waals surface area contributed by atoms with Crippen molar-refractivity contribution in [1.29, 1.82) is 0 Å². The third-order valence-electron chi connectivity index (χ3n) is 2.54. The molecule has 18 heavy (non-hydrogen) atoms. The average molecular weight is 252 g/mol. The number of aliphatic hydroxyl groups is 1. The van der Waals surface area contributed by atoms with Crippen LogP contribution >= 0.6 is 0 Å². The van der Waals surface area contributed by atoms with E-state index < -0.39 is 0 Å². The maximum Gasteiger partial charge on any atom is 0.188 e. The van der Waals surface area contributed by atoms with E-state index in [0.29, 0.717) is 18.7 Å². The van der Waals surface area contributed by atoms with Crippen molar-refractivity contribution in [3.8, 4) is 0 Å². The highest BCUT2D eigenvalue weighted by Gasteiger charge is 2.06. The molecule has 0 saturated heterocycles. The van der Waals surface area contributed by atoms with Crippen LogP contribution in [0.2, 0.25) is 0 Å². The normalized spacial score (nSPS) is 15.4. The van der Waals surface area contributed by atoms with Crippen molar-refractivity contribution in [2.45, 2.75) is 39.0 Å². The zero-order valence-corrected chi connectivity index (χ0v) is 10.7. The van der Waals surface area contributed by atoms with Crippen molar-refractivity contribution in [3.05, 3.63) is 29.6 Å². The van der Waals surface area contributed by atoms with Crippen LogP contribution < -0.4 is 11.1 Å². The quantitative estimate of drug-likeness (QED) is 0.254. The second-order valence-corrected chi connectivity index (χ2v) is 4.40. The third-order valence-corrected chi connectivity index (χ3v) is 2.54. The number of amidine groups is 1. The summed E-state index contributed by atoms with van der Waals surface area (Å²) in [5.74, 6) is -0.00567. The summed E-state index contributed by atoms with van der Waals surface area (Å²) in [6, 6.07) is 3.83. The standard InChI is InChI=1S/C12H20N4O2/c1-8(5-9(2)17)15-7-10-3-4-14-11(6-10)12(13)16-18/h3-4,6,8-9,15,17-18H,5,7H2,1-2H3,(H2,13,16). The highest BCUT2D eigenvalue weighted by molar-refractivity contribution is 5.95. The summed E-state index contributed by atoms with van der Waals surface area (Å²) in [5, 5.41) is 24.0. The highest BCUT2D eigenvalue weighted by atomic mass is 16.4. The van der Waals surface area contributed by atoms with Gasteiger partial charge < -0.3 is 21.4 Å². The maximum atomic E-state index is 9.26. The molecule has 0 bridgehead atoms. The second kappa shape index (κ2) is 6.93. The smallest absolute Gasteiger partial charge is 0.188 e. The zero-order valence-electron chi connectivity index (χ0n) is 10.7. The largest absolute Gasteiger partial charge is 0.409 e. The molecular formula is C12H20N4O2. The molecule has 1 aromatic rings. The minimum absolute atomic E-state index is 0.00567. The summed E-state index contributed by atoms with van der Waals surface area (Å²) < 4.78 is 0. The van der Waals surface area contributed by atoms with Gasteiger partial charge in [-0.15, -0.1) is 0 Å². The number of nitrogens with one attached hydrogen (secondary N) is 1. The van der Waals surface area contributed by atoms with Gasteiger partial charge in [0.05, 0.1) is 6.10 Å². The van der Waals surface area contributed by atoms with Crippen molar-refractivity contribution in [3.63, 3.8) is 0 Å². The fourth-order valence-corrected chi connectivity index (χ4v) is 1.66. The summed E-state index contributed by atoms with van der Waals surface area (Å²) in [5.41, 5.74) is 6.90. The molecule has 0 fully saturated rings. The van der Waals surface area contributed by atoms with E-state index in [9.17, 15) is 5.11 Å². The number of nitrogens with two attached hydrogens (primary N) is 1. The first-order valence-corrected chi connectivity index (χ1v) is 5.87. The van der Waals surface area contributed by atoms with Gasteiger partial charge in [0.25, 0.3) is 0 Å². The van der Waals surface area contributed by atoms with Crippen molar-refractivity contribution in [2.75, 3.05) is 0 Å². The molecule has 2 unspecified atom stereocenters. The van der Waals surface area contributed by atoms with Gasteiger partial charge in [-0.3, -0.25) is 4.98 Å². The van der Waals surface area contributed by atoms with Gasteiger partial charge >= 0.3 is 0 Å². The Morgan fingerprint density at radius 2 is 2.28 bits per heavy atom. The third kappa shape index (κ3) is 4.68. The average Bonchev–Trinajstić information content (AvgIpc) is 2.35. The minimum Gasteiger partial charge on any atom is -0.409 e. The van der Waals surface area contributed by atoms with Gasteiger partial charge in [-0.25, -0.2) is 0 Å². The Morgan fingerprint density at radius 3 is 2.89 bits per heavy atom. The van der Waals surface area contributed by atoms with E-state index in [1.54, 1.807) is 19.2 Å². The van der Waals surface area contributed by atoms with E-state index in [2.05, 4.69) is 15.5 Å². The molecule has 0 amide bonds. The monoisotopic (exact) mass is 252 g/mol. The molecule has 2 atom stereocenters. The summed E-state index contributed by atoms with van der Waals surface area (Å²) in [4.78, 5) is 4.00. The predicted molar refractivity (Wildman–Crippen MR) is 69.3 cm³/mol. The van der Waals surface area contributed by atoms with Crippen LogP contribution in [0.4, 0.5) is 0 Å². The number of pyridine rings is 1. The first kappa shape index (κ1) is 14.4. The number of nitrogens with zero attached hydrogens (tertiary/aromatic N) is 2. The lowest BCUT2D eigenvalue weighted by atomic mass is 10.1. The number of hydrogen-bond acceptors (Lipinski definition) is 5. The molecule has 6 nitrogen and oxygen atoms in total. The summed E-state index contributed by atoms with van der Waals surface area (Å²) >= 11 is 0. The Morgan fingerprint density at radius 1 is 1.56 bits per heavy atom. The lowest BCUT2D eigenvalue weighted by Crippen LogP contribution is -2.28. The molecule has 1 rings (SSSR count). The van der Waals surface area contributed by atoms with Crippen LogP contribution in [0.5, 0.6) is 0 Å². The number of aliphatic hydroxyl groups excluding tert-OH is 1. The Labute approximate surface area is 107 Å². The molecule has 0 spiro atoms. The van der Waals surface area contributed by atoms with Gasteiger partial charge in [-0.05, 0) is 38.0 Å². The van der Waals surface area contributed by atoms with Crippen LogP contribution in [0.15, 0.2) is 23.5 Å². The first-order valence-electron chi connectivity index (χ1n) is 5.87. The molecule has 0 radical (unpaired) electrons. The number of oxime groups is 1. The summed E-state index contributed by atoms with van der Waals surface area (Å²) in [6.45, 7) is 4.42. The first-order chi connectivity index (χ1) is 8.52. The second-order valence-electron chi connectivity index (χ2n) is 4.40. The molecule has 0 aliphatic heterocycles. The number of hydrogen-bond donors (Lipinski definition) is 4. The molecule has 0 aliphatic carbocycles. The van der Waals surface area contributed by atoms with E-state index in [1.165, 1.54) is 0 Å². The number of rotatable bonds is 6. The van der Waals surface area contributed by atoms with E-state index in [4.69, 9.17) is 10.9 Å². The summed E-state index contributed by atoms with van der Waals surface area (Å²) in [7, 11) is 0. The fourth-order valence-electron chi connectivity index (χ4n) is 1.66. The van der Waals surface area contributed by atoms with Gasteiger partial charge in [0.15, 0.2) is 5.84 Å². The molecule has 0 aliphatic rings. The van der Waals surface area contributed by atoms with Crippen LogP contribution in [0.1, 0.15) is 31.5 Å². The van der Waals surface area contributed by atoms with Crippen LogP contribution in [-0.2, 0) is 6.54 Å². The maximum absolute atomic E-state index is 9.26. The van der Waals surface area contributed by atoms with Crippen LogP contribution in [0, 0.1) is 0 Å². The van der Waals surface area contributed by atoms with Crippen molar-refractivity contribution in [1.82, 2.24) is 10.3 Å². The van der Waals surface area contributed by atoms with Crippen LogP contribution in [0.25, 0.3) is 0 Å². The van der Waals surface area contributed by atoms with Crippen LogP contribution in [-0.4, -0.2) is 33.3 Å². The zero-order chi connectivity index (χ0) is 13.5. The van der Waals surface area contributed by atoms with Gasteiger partial charge in [0.1, 0.15) is 5.69 Å². The van der Waals surface area contributed by atoms with E-state index in [0.717, 1.165) is 5.56 Å². The van der Waals surface area contributed by atoms with Crippen molar-refractivity contribution >= 4 is 5.84 Å². The molecule has 6 heteroatoms. The van der Waals surface area contributed by atoms with Crippen molar-refractivity contribution in [2.24, 2.45) is 10.9 Å². The molecule has 0 saturated carbocycles. The molecule has 5 N–H and O–H groups in total. The van der Waals surface area contributed by atoms with E-state index in [-0.39, 0.29) is 18.0 Å². The summed E-state index contributed by atoms with van der Waals surface area (Å²) in [6.07, 6.45) is 1.99. The van der Waals surface area contributed by atoms with Gasteiger partial charge in [0.2, 0.25) is 0 Å². The minimum atomic E-state index is -0.322. The number of aromatic nitrogens is 1. The van der Waals surface area contributed by atoms with E-state index >= 15 is 0 Å². The Bertz CT molecular complexity index is 407. The topological polar surface area (TPSA) is 104 Å². The molecular weight excluding hydrogens is 232 g/mol. The molecule has 0 aromatic carbocycles. The van der Waals surface area contributed by atoms with Gasteiger partial charge in [-0.2, -0.15) is 0 Å². The molecule has 100 valence electrons. The highest BCUT2D eigenvalue weighted by Crippen LogP contribution is 2.03. The Hall–Kier alpha value is -1.66. The van der Waals surface area contributed by atoms with Crippen molar-refractivity contribution < 1.29 is 10.3 Å². The lowest BCUT2D eigenvalue weighted by Gasteiger charge is -2.15. The molecule has 1 aromatic heterocycles. The van der Waals surface area contributed by atoms with Gasteiger partial charge in [0, 0.05) is 18.8 Å². The Kier molecular flexibility index (Phi) is 5.54. The lowest BCUT2D eigenvalue weighted by molar-refractivity contribution is 0.170. The SMILES string of the molecule is CC(O)CC(C)NCc1ccnc(/C(N)=N/O)c1. The predicted octanol–water partition coefficient (Wildman–Crippen LogP) is 0.425. The van der Waals surface area contributed by atoms with Crippen LogP contribution in [0.3, 0.4) is 0 Å². The fraction of sp³-hybridized carbons (Fsp3) is 0.500. The Balaban J connectivity index is 2.57. The van der Waals surface area contributed by atoms with Gasteiger partial charge in [-0.1, -0.05) is 5.16 Å². The molecule has 1 heterocycles.